The Morgan fingerprint density at radius 1 is 1.32 bits per heavy atom. The van der Waals surface area contributed by atoms with Gasteiger partial charge in [-0.2, -0.15) is 0 Å². The van der Waals surface area contributed by atoms with Gasteiger partial charge in [0.25, 0.3) is 0 Å². The molecule has 3 heteroatoms. The lowest BCUT2D eigenvalue weighted by molar-refractivity contribution is 0.249. The van der Waals surface area contributed by atoms with E-state index in [2.05, 4.69) is 13.0 Å². The second-order valence-corrected chi connectivity index (χ2v) is 7.00. The number of benzene rings is 1. The van der Waals surface area contributed by atoms with Gasteiger partial charge in [0.1, 0.15) is 5.82 Å². The minimum Gasteiger partial charge on any atom is -0.323 e. The highest BCUT2D eigenvalue weighted by molar-refractivity contribution is 7.19. The number of rotatable bonds is 2. The molecule has 1 aliphatic rings. The number of hydrogen-bond acceptors (Lipinski definition) is 2. The van der Waals surface area contributed by atoms with Crippen molar-refractivity contribution in [2.75, 3.05) is 0 Å². The first kappa shape index (κ1) is 13.1. The van der Waals surface area contributed by atoms with Gasteiger partial charge in [0, 0.05) is 15.6 Å². The van der Waals surface area contributed by atoms with Crippen LogP contribution in [0.3, 0.4) is 0 Å². The van der Waals surface area contributed by atoms with Crippen LogP contribution in [0.1, 0.15) is 43.5 Å². The monoisotopic (exact) mass is 277 g/mol. The quantitative estimate of drug-likeness (QED) is 0.833. The van der Waals surface area contributed by atoms with E-state index in [0.717, 1.165) is 16.0 Å². The first-order valence-electron chi connectivity index (χ1n) is 7.08. The molecule has 0 saturated heterocycles. The zero-order valence-electron chi connectivity index (χ0n) is 11.2. The molecule has 3 unspecified atom stereocenters. The van der Waals surface area contributed by atoms with Gasteiger partial charge in [-0.25, -0.2) is 4.39 Å². The Labute approximate surface area is 117 Å². The van der Waals surface area contributed by atoms with E-state index in [-0.39, 0.29) is 11.9 Å². The van der Waals surface area contributed by atoms with Crippen LogP contribution in [0, 0.1) is 17.7 Å². The third-order valence-corrected chi connectivity index (χ3v) is 5.51. The number of nitrogens with two attached hydrogens (primary N) is 1. The van der Waals surface area contributed by atoms with Crippen molar-refractivity contribution in [3.63, 3.8) is 0 Å². The van der Waals surface area contributed by atoms with Gasteiger partial charge in [0.05, 0.1) is 0 Å². The molecule has 1 fully saturated rings. The molecule has 0 amide bonds. The van der Waals surface area contributed by atoms with Crippen LogP contribution >= 0.6 is 11.3 Å². The molecule has 19 heavy (non-hydrogen) atoms. The van der Waals surface area contributed by atoms with Gasteiger partial charge in [0.2, 0.25) is 0 Å². The molecule has 0 aliphatic heterocycles. The van der Waals surface area contributed by atoms with Crippen molar-refractivity contribution >= 4 is 21.4 Å². The van der Waals surface area contributed by atoms with Crippen molar-refractivity contribution < 1.29 is 4.39 Å². The van der Waals surface area contributed by atoms with E-state index in [0.29, 0.717) is 5.92 Å². The lowest BCUT2D eigenvalue weighted by atomic mass is 9.78. The summed E-state index contributed by atoms with van der Waals surface area (Å²) in [7, 11) is 0. The van der Waals surface area contributed by atoms with Gasteiger partial charge in [-0.3, -0.25) is 0 Å². The van der Waals surface area contributed by atoms with Crippen LogP contribution in [0.25, 0.3) is 10.1 Å². The van der Waals surface area contributed by atoms with Gasteiger partial charge in [-0.1, -0.05) is 25.8 Å². The molecule has 1 heterocycles. The second-order valence-electron chi connectivity index (χ2n) is 5.89. The molecule has 3 atom stereocenters. The molecule has 0 radical (unpaired) electrons. The third kappa shape index (κ3) is 2.67. The first-order chi connectivity index (χ1) is 9.13. The summed E-state index contributed by atoms with van der Waals surface area (Å²) in [5, 5.41) is 1.11. The van der Waals surface area contributed by atoms with Crippen LogP contribution < -0.4 is 5.73 Å². The van der Waals surface area contributed by atoms with Crippen molar-refractivity contribution in [2.45, 2.75) is 38.6 Å². The Kier molecular flexibility index (Phi) is 3.59. The molecular weight excluding hydrogens is 257 g/mol. The SMILES string of the molecule is CC1CCCC(C(N)c2cc3ccc(F)cc3s2)C1. The number of halogens is 1. The molecule has 1 aliphatic carbocycles. The van der Waals surface area contributed by atoms with Crippen LogP contribution in [0.4, 0.5) is 4.39 Å². The van der Waals surface area contributed by atoms with Gasteiger partial charge in [-0.15, -0.1) is 11.3 Å². The highest BCUT2D eigenvalue weighted by Gasteiger charge is 2.26. The second kappa shape index (κ2) is 5.22. The molecule has 3 rings (SSSR count). The fraction of sp³-hybridized carbons (Fsp3) is 0.500. The smallest absolute Gasteiger partial charge is 0.124 e. The highest BCUT2D eigenvalue weighted by atomic mass is 32.1. The van der Waals surface area contributed by atoms with Crippen LogP contribution in [-0.4, -0.2) is 0 Å². The highest BCUT2D eigenvalue weighted by Crippen LogP contribution is 2.39. The van der Waals surface area contributed by atoms with E-state index in [4.69, 9.17) is 5.73 Å². The van der Waals surface area contributed by atoms with Gasteiger partial charge in [-0.05, 0) is 48.3 Å². The topological polar surface area (TPSA) is 26.0 Å². The summed E-state index contributed by atoms with van der Waals surface area (Å²) in [5.74, 6) is 1.21. The Balaban J connectivity index is 1.86. The molecule has 1 saturated carbocycles. The summed E-state index contributed by atoms with van der Waals surface area (Å²) in [6.07, 6.45) is 5.08. The standard InChI is InChI=1S/C16H20FNS/c1-10-3-2-4-12(7-10)16(18)15-8-11-5-6-13(17)9-14(11)19-15/h5-6,8-10,12,16H,2-4,7,18H2,1H3. The van der Waals surface area contributed by atoms with Crippen molar-refractivity contribution in [1.82, 2.24) is 0 Å². The first-order valence-corrected chi connectivity index (χ1v) is 7.89. The Morgan fingerprint density at radius 2 is 2.16 bits per heavy atom. The fourth-order valence-electron chi connectivity index (χ4n) is 3.23. The van der Waals surface area contributed by atoms with Crippen molar-refractivity contribution in [2.24, 2.45) is 17.6 Å². The fourth-order valence-corrected chi connectivity index (χ4v) is 4.41. The van der Waals surface area contributed by atoms with Crippen LogP contribution in [-0.2, 0) is 0 Å². The van der Waals surface area contributed by atoms with Crippen molar-refractivity contribution in [3.05, 3.63) is 35.0 Å². The summed E-state index contributed by atoms with van der Waals surface area (Å²) in [6.45, 7) is 2.32. The maximum Gasteiger partial charge on any atom is 0.124 e. The lowest BCUT2D eigenvalue weighted by Gasteiger charge is -2.30. The summed E-state index contributed by atoms with van der Waals surface area (Å²) >= 11 is 1.65. The number of fused-ring (bicyclic) bond motifs is 1. The molecule has 2 aromatic rings. The van der Waals surface area contributed by atoms with E-state index >= 15 is 0 Å². The maximum absolute atomic E-state index is 13.2. The van der Waals surface area contributed by atoms with Gasteiger partial charge in [0.15, 0.2) is 0 Å². The Hall–Kier alpha value is -0.930. The summed E-state index contributed by atoms with van der Waals surface area (Å²) in [6, 6.07) is 7.24. The molecule has 1 nitrogen and oxygen atoms in total. The Morgan fingerprint density at radius 3 is 2.95 bits per heavy atom. The van der Waals surface area contributed by atoms with Crippen molar-refractivity contribution in [3.8, 4) is 0 Å². The minimum absolute atomic E-state index is 0.114. The normalized spacial score (nSPS) is 25.6. The summed E-state index contributed by atoms with van der Waals surface area (Å²) < 4.78 is 14.2. The van der Waals surface area contributed by atoms with E-state index in [1.165, 1.54) is 36.6 Å². The molecule has 0 bridgehead atoms. The number of hydrogen-bond donors (Lipinski definition) is 1. The van der Waals surface area contributed by atoms with Gasteiger partial charge < -0.3 is 5.73 Å². The Bertz CT molecular complexity index is 577. The molecular formula is C16H20FNS. The van der Waals surface area contributed by atoms with Crippen LogP contribution in [0.2, 0.25) is 0 Å². The zero-order valence-corrected chi connectivity index (χ0v) is 12.0. The van der Waals surface area contributed by atoms with E-state index in [9.17, 15) is 4.39 Å². The zero-order chi connectivity index (χ0) is 13.4. The van der Waals surface area contributed by atoms with Crippen LogP contribution in [0.5, 0.6) is 0 Å². The largest absolute Gasteiger partial charge is 0.323 e. The molecule has 1 aromatic heterocycles. The average Bonchev–Trinajstić information content (AvgIpc) is 2.80. The summed E-state index contributed by atoms with van der Waals surface area (Å²) in [5.41, 5.74) is 6.45. The van der Waals surface area contributed by atoms with Gasteiger partial charge >= 0.3 is 0 Å². The van der Waals surface area contributed by atoms with E-state index in [1.807, 2.05) is 6.07 Å². The lowest BCUT2D eigenvalue weighted by Crippen LogP contribution is -2.25. The van der Waals surface area contributed by atoms with Crippen molar-refractivity contribution in [1.29, 1.82) is 0 Å². The summed E-state index contributed by atoms with van der Waals surface area (Å²) in [4.78, 5) is 1.21. The third-order valence-electron chi connectivity index (χ3n) is 4.31. The van der Waals surface area contributed by atoms with Crippen LogP contribution in [0.15, 0.2) is 24.3 Å². The molecule has 0 spiro atoms. The maximum atomic E-state index is 13.2. The number of thiophene rings is 1. The molecule has 102 valence electrons. The minimum atomic E-state index is -0.166. The molecule has 2 N–H and O–H groups in total. The predicted molar refractivity (Wildman–Crippen MR) is 79.8 cm³/mol. The van der Waals surface area contributed by atoms with E-state index in [1.54, 1.807) is 17.4 Å². The van der Waals surface area contributed by atoms with E-state index < -0.39 is 0 Å². The predicted octanol–water partition coefficient (Wildman–Crippen LogP) is 4.87. The molecule has 1 aromatic carbocycles. The average molecular weight is 277 g/mol.